The van der Waals surface area contributed by atoms with E-state index in [4.69, 9.17) is 37.6 Å². The van der Waals surface area contributed by atoms with E-state index < -0.39 is 26.0 Å². The van der Waals surface area contributed by atoms with Crippen LogP contribution in [0.5, 0.6) is 0 Å². The molecule has 0 aliphatic rings. The summed E-state index contributed by atoms with van der Waals surface area (Å²) in [4.78, 5) is 12.6. The number of alkyl halides is 3. The highest BCUT2D eigenvalue weighted by Gasteiger charge is 2.36. The molecule has 272 valence electrons. The van der Waals surface area contributed by atoms with Gasteiger partial charge in [0.1, 0.15) is 6.61 Å². The van der Waals surface area contributed by atoms with Crippen LogP contribution in [0.15, 0.2) is 48.5 Å². The van der Waals surface area contributed by atoms with Crippen molar-refractivity contribution in [3.8, 4) is 0 Å². The number of carbonyl (C=O) groups is 1. The SMILES string of the molecule is CC(C)(C)[Si](C)(C)OCCOCCOCCOCCOCCOCCOCCOC(=O)c1ccccc1Nc1cccc(C(F)(F)F)c1. The Hall–Kier alpha value is -2.56. The number of benzene rings is 2. The van der Waals surface area contributed by atoms with Crippen LogP contribution in [0.25, 0.3) is 0 Å². The third kappa shape index (κ3) is 17.2. The first-order chi connectivity index (χ1) is 22.8. The lowest BCUT2D eigenvalue weighted by Crippen LogP contribution is -2.41. The van der Waals surface area contributed by atoms with Crippen LogP contribution in [0.2, 0.25) is 18.1 Å². The molecule has 10 nitrogen and oxygen atoms in total. The van der Waals surface area contributed by atoms with Gasteiger partial charge in [0.05, 0.1) is 103 Å². The standard InChI is InChI=1S/C34H52F3NO9Si/c1-33(2,3)48(4,5)47-26-24-45-22-20-43-18-16-41-14-13-40-15-17-42-19-21-44-23-25-46-32(39)30-11-6-7-12-31(30)38-29-10-8-9-28(27-29)34(35,36)37/h6-12,27,38H,13-26H2,1-5H3. The normalized spacial score (nSPS) is 12.3. The molecule has 0 saturated carbocycles. The van der Waals surface area contributed by atoms with Crippen LogP contribution in [0.1, 0.15) is 36.7 Å². The van der Waals surface area contributed by atoms with Gasteiger partial charge < -0.3 is 42.9 Å². The fraction of sp³-hybridized carbons (Fsp3) is 0.618. The molecular weight excluding hydrogens is 651 g/mol. The number of carbonyl (C=O) groups excluding carboxylic acids is 1. The summed E-state index contributed by atoms with van der Waals surface area (Å²) in [5.41, 5.74) is -0.0718. The van der Waals surface area contributed by atoms with E-state index >= 15 is 0 Å². The van der Waals surface area contributed by atoms with Crippen LogP contribution >= 0.6 is 0 Å². The first-order valence-electron chi connectivity index (χ1n) is 16.1. The van der Waals surface area contributed by atoms with Crippen molar-refractivity contribution < 1.29 is 55.5 Å². The summed E-state index contributed by atoms with van der Waals surface area (Å²) in [5, 5.41) is 3.05. The Labute approximate surface area is 283 Å². The van der Waals surface area contributed by atoms with Crippen molar-refractivity contribution in [2.45, 2.75) is 45.1 Å². The molecule has 0 aromatic heterocycles. The maximum absolute atomic E-state index is 13.0. The molecule has 0 aliphatic carbocycles. The zero-order chi connectivity index (χ0) is 35.3. The van der Waals surface area contributed by atoms with Crippen LogP contribution in [0, 0.1) is 0 Å². The molecule has 0 bridgehead atoms. The minimum Gasteiger partial charge on any atom is -0.460 e. The van der Waals surface area contributed by atoms with Gasteiger partial charge in [0.2, 0.25) is 0 Å². The molecule has 0 atom stereocenters. The zero-order valence-electron chi connectivity index (χ0n) is 28.8. The Balaban J connectivity index is 1.39. The third-order valence-electron chi connectivity index (χ3n) is 7.43. The average Bonchev–Trinajstić information content (AvgIpc) is 3.02. The maximum atomic E-state index is 13.0. The molecule has 0 unspecified atom stereocenters. The number of hydrogen-bond donors (Lipinski definition) is 1. The van der Waals surface area contributed by atoms with E-state index in [-0.39, 0.29) is 29.5 Å². The number of nitrogens with one attached hydrogen (secondary N) is 1. The maximum Gasteiger partial charge on any atom is 0.416 e. The molecule has 48 heavy (non-hydrogen) atoms. The van der Waals surface area contributed by atoms with E-state index in [1.165, 1.54) is 18.2 Å². The van der Waals surface area contributed by atoms with E-state index in [0.717, 1.165) is 12.1 Å². The lowest BCUT2D eigenvalue weighted by Gasteiger charge is -2.36. The smallest absolute Gasteiger partial charge is 0.416 e. The Morgan fingerprint density at radius 3 is 1.58 bits per heavy atom. The second-order valence-corrected chi connectivity index (χ2v) is 17.0. The lowest BCUT2D eigenvalue weighted by atomic mass is 10.1. The number of para-hydroxylation sites is 1. The van der Waals surface area contributed by atoms with E-state index in [2.05, 4.69) is 39.2 Å². The van der Waals surface area contributed by atoms with Crippen molar-refractivity contribution >= 4 is 25.7 Å². The molecule has 0 spiro atoms. The van der Waals surface area contributed by atoms with Gasteiger partial charge in [0.15, 0.2) is 8.32 Å². The Morgan fingerprint density at radius 1 is 0.646 bits per heavy atom. The van der Waals surface area contributed by atoms with E-state index in [9.17, 15) is 18.0 Å². The Morgan fingerprint density at radius 2 is 1.10 bits per heavy atom. The highest BCUT2D eigenvalue weighted by Crippen LogP contribution is 2.36. The van der Waals surface area contributed by atoms with Gasteiger partial charge in [0, 0.05) is 5.69 Å². The monoisotopic (exact) mass is 703 g/mol. The van der Waals surface area contributed by atoms with Crippen LogP contribution in [0.4, 0.5) is 24.5 Å². The minimum atomic E-state index is -4.47. The van der Waals surface area contributed by atoms with Gasteiger partial charge >= 0.3 is 12.1 Å². The predicted molar refractivity (Wildman–Crippen MR) is 180 cm³/mol. The molecule has 2 aromatic rings. The van der Waals surface area contributed by atoms with Crippen molar-refractivity contribution in [1.29, 1.82) is 0 Å². The third-order valence-corrected chi connectivity index (χ3v) is 12.0. The summed E-state index contributed by atoms with van der Waals surface area (Å²) >= 11 is 0. The van der Waals surface area contributed by atoms with Gasteiger partial charge in [-0.15, -0.1) is 0 Å². The minimum absolute atomic E-state index is 0.00566. The first kappa shape index (κ1) is 41.6. The van der Waals surface area contributed by atoms with Crippen molar-refractivity contribution in [3.63, 3.8) is 0 Å². The molecule has 1 N–H and O–H groups in total. The molecule has 14 heteroatoms. The van der Waals surface area contributed by atoms with E-state index in [1.807, 2.05) is 0 Å². The highest BCUT2D eigenvalue weighted by atomic mass is 28.4. The number of rotatable bonds is 25. The zero-order valence-corrected chi connectivity index (χ0v) is 29.8. The number of ether oxygens (including phenoxy) is 7. The number of esters is 1. The van der Waals surface area contributed by atoms with Gasteiger partial charge in [0.25, 0.3) is 0 Å². The van der Waals surface area contributed by atoms with Crippen molar-refractivity contribution in [2.24, 2.45) is 0 Å². The number of hydrogen-bond acceptors (Lipinski definition) is 10. The average molecular weight is 704 g/mol. The molecule has 0 fully saturated rings. The summed E-state index contributed by atoms with van der Waals surface area (Å²) in [6.07, 6.45) is -4.47. The fourth-order valence-electron chi connectivity index (χ4n) is 3.74. The Kier molecular flexibility index (Phi) is 19.3. The fourth-order valence-corrected chi connectivity index (χ4v) is 4.77. The summed E-state index contributed by atoms with van der Waals surface area (Å²) in [6, 6.07) is 11.2. The van der Waals surface area contributed by atoms with Crippen LogP contribution < -0.4 is 5.32 Å². The molecule has 0 heterocycles. The highest BCUT2D eigenvalue weighted by molar-refractivity contribution is 6.74. The molecule has 0 aliphatic heterocycles. The summed E-state index contributed by atoms with van der Waals surface area (Å²) < 4.78 is 83.3. The number of halogens is 3. The summed E-state index contributed by atoms with van der Waals surface area (Å²) in [7, 11) is -1.73. The quantitative estimate of drug-likeness (QED) is 0.0681. The largest absolute Gasteiger partial charge is 0.460 e. The van der Waals surface area contributed by atoms with E-state index in [0.29, 0.717) is 85.0 Å². The first-order valence-corrected chi connectivity index (χ1v) is 19.0. The van der Waals surface area contributed by atoms with Gasteiger partial charge in [-0.1, -0.05) is 39.0 Å². The predicted octanol–water partition coefficient (Wildman–Crippen LogP) is 6.73. The molecule has 2 aromatic carbocycles. The molecule has 0 amide bonds. The van der Waals surface area contributed by atoms with Gasteiger partial charge in [-0.05, 0) is 48.5 Å². The summed E-state index contributed by atoms with van der Waals surface area (Å²) in [5.74, 6) is -0.623. The van der Waals surface area contributed by atoms with Crippen LogP contribution in [0.3, 0.4) is 0 Å². The second-order valence-electron chi connectivity index (χ2n) is 12.2. The van der Waals surface area contributed by atoms with Crippen LogP contribution in [-0.2, 0) is 43.8 Å². The van der Waals surface area contributed by atoms with Crippen molar-refractivity contribution in [1.82, 2.24) is 0 Å². The second kappa shape index (κ2) is 22.2. The summed E-state index contributed by atoms with van der Waals surface area (Å²) in [6.45, 7) is 16.8. The molecule has 0 radical (unpaired) electrons. The van der Waals surface area contributed by atoms with E-state index in [1.54, 1.807) is 18.2 Å². The van der Waals surface area contributed by atoms with Crippen molar-refractivity contribution in [2.75, 3.05) is 97.8 Å². The van der Waals surface area contributed by atoms with Gasteiger partial charge in [-0.2, -0.15) is 13.2 Å². The van der Waals surface area contributed by atoms with Crippen LogP contribution in [-0.4, -0.2) is 107 Å². The van der Waals surface area contributed by atoms with Gasteiger partial charge in [-0.3, -0.25) is 0 Å². The molecule has 2 rings (SSSR count). The Bertz CT molecular complexity index is 1180. The molecule has 0 saturated heterocycles. The number of anilines is 2. The topological polar surface area (TPSA) is 103 Å². The van der Waals surface area contributed by atoms with Gasteiger partial charge in [-0.25, -0.2) is 4.79 Å². The lowest BCUT2D eigenvalue weighted by molar-refractivity contribution is -0.137. The molecular formula is C34H52F3NO9Si. The van der Waals surface area contributed by atoms with Crippen molar-refractivity contribution in [3.05, 3.63) is 59.7 Å².